The van der Waals surface area contributed by atoms with Gasteiger partial charge in [-0.3, -0.25) is 9.59 Å². The standard InChI is InChI=1S/C23H29N3O5S/c1-16-13-17(2)22(18(3)14-16)24-21(27)15-25(4)23(28)19-5-7-20(8-6-19)32(29,30)26-9-11-31-12-10-26/h5-8,13-14H,9-12,15H2,1-4H3,(H,24,27). The third kappa shape index (κ3) is 5.35. The number of benzene rings is 2. The van der Waals surface area contributed by atoms with E-state index < -0.39 is 10.0 Å². The molecule has 0 aliphatic carbocycles. The van der Waals surface area contributed by atoms with Crippen LogP contribution in [0.1, 0.15) is 27.0 Å². The molecule has 1 saturated heterocycles. The van der Waals surface area contributed by atoms with Crippen LogP contribution in [0.25, 0.3) is 0 Å². The van der Waals surface area contributed by atoms with Gasteiger partial charge in [-0.1, -0.05) is 17.7 Å². The minimum Gasteiger partial charge on any atom is -0.379 e. The first kappa shape index (κ1) is 23.9. The van der Waals surface area contributed by atoms with E-state index >= 15 is 0 Å². The van der Waals surface area contributed by atoms with Crippen LogP contribution < -0.4 is 5.32 Å². The number of nitrogens with one attached hydrogen (secondary N) is 1. The molecule has 9 heteroatoms. The summed E-state index contributed by atoms with van der Waals surface area (Å²) in [6.07, 6.45) is 0. The average molecular weight is 460 g/mol. The second-order valence-corrected chi connectivity index (χ2v) is 9.96. The maximum absolute atomic E-state index is 12.7. The van der Waals surface area contributed by atoms with Crippen molar-refractivity contribution >= 4 is 27.5 Å². The second kappa shape index (κ2) is 9.81. The summed E-state index contributed by atoms with van der Waals surface area (Å²) in [4.78, 5) is 26.7. The zero-order valence-electron chi connectivity index (χ0n) is 18.8. The molecule has 0 spiro atoms. The molecule has 2 aromatic carbocycles. The van der Waals surface area contributed by atoms with E-state index in [9.17, 15) is 18.0 Å². The maximum Gasteiger partial charge on any atom is 0.254 e. The van der Waals surface area contributed by atoms with Gasteiger partial charge in [-0.15, -0.1) is 0 Å². The van der Waals surface area contributed by atoms with Crippen molar-refractivity contribution in [2.75, 3.05) is 45.2 Å². The molecule has 1 N–H and O–H groups in total. The number of amides is 2. The number of morpholine rings is 1. The first-order chi connectivity index (χ1) is 15.1. The van der Waals surface area contributed by atoms with Gasteiger partial charge in [0.05, 0.1) is 24.7 Å². The number of ether oxygens (including phenoxy) is 1. The molecule has 0 unspecified atom stereocenters. The van der Waals surface area contributed by atoms with Crippen molar-refractivity contribution in [3.8, 4) is 0 Å². The number of hydrogen-bond acceptors (Lipinski definition) is 5. The summed E-state index contributed by atoms with van der Waals surface area (Å²) in [5.74, 6) is -0.671. The molecular formula is C23H29N3O5S. The van der Waals surface area contributed by atoms with Gasteiger partial charge in [0.1, 0.15) is 0 Å². The van der Waals surface area contributed by atoms with Crippen LogP contribution in [-0.4, -0.2) is 69.3 Å². The topological polar surface area (TPSA) is 96.0 Å². The van der Waals surface area contributed by atoms with Crippen molar-refractivity contribution in [2.24, 2.45) is 0 Å². The SMILES string of the molecule is Cc1cc(C)c(NC(=O)CN(C)C(=O)c2ccc(S(=O)(=O)N3CCOCC3)cc2)c(C)c1. The minimum atomic E-state index is -3.63. The normalized spacial score (nSPS) is 14.8. The third-order valence-corrected chi connectivity index (χ3v) is 7.29. The summed E-state index contributed by atoms with van der Waals surface area (Å²) in [7, 11) is -2.09. The van der Waals surface area contributed by atoms with Gasteiger partial charge in [0.2, 0.25) is 15.9 Å². The van der Waals surface area contributed by atoms with E-state index in [0.717, 1.165) is 22.4 Å². The van der Waals surface area contributed by atoms with E-state index in [1.54, 1.807) is 0 Å². The lowest BCUT2D eigenvalue weighted by Crippen LogP contribution is -2.40. The van der Waals surface area contributed by atoms with Crippen molar-refractivity contribution in [3.63, 3.8) is 0 Å². The number of rotatable bonds is 6. The highest BCUT2D eigenvalue weighted by Gasteiger charge is 2.26. The quantitative estimate of drug-likeness (QED) is 0.715. The highest BCUT2D eigenvalue weighted by atomic mass is 32.2. The summed E-state index contributed by atoms with van der Waals surface area (Å²) in [6, 6.07) is 9.76. The van der Waals surface area contributed by atoms with Crippen molar-refractivity contribution < 1.29 is 22.7 Å². The number of carbonyl (C=O) groups excluding carboxylic acids is 2. The van der Waals surface area contributed by atoms with Gasteiger partial charge >= 0.3 is 0 Å². The van der Waals surface area contributed by atoms with Gasteiger partial charge in [0.15, 0.2) is 0 Å². The number of anilines is 1. The van der Waals surface area contributed by atoms with Crippen LogP contribution in [0.3, 0.4) is 0 Å². The van der Waals surface area contributed by atoms with E-state index in [1.807, 2.05) is 32.9 Å². The molecule has 2 aromatic rings. The molecule has 0 saturated carbocycles. The zero-order valence-corrected chi connectivity index (χ0v) is 19.7. The monoisotopic (exact) mass is 459 g/mol. The number of hydrogen-bond donors (Lipinski definition) is 1. The third-order valence-electron chi connectivity index (χ3n) is 5.38. The zero-order chi connectivity index (χ0) is 23.5. The Morgan fingerprint density at radius 3 is 2.16 bits per heavy atom. The van der Waals surface area contributed by atoms with Crippen molar-refractivity contribution in [1.82, 2.24) is 9.21 Å². The maximum atomic E-state index is 12.7. The molecule has 0 radical (unpaired) electrons. The molecule has 172 valence electrons. The largest absolute Gasteiger partial charge is 0.379 e. The fourth-order valence-corrected chi connectivity index (χ4v) is 5.18. The molecule has 8 nitrogen and oxygen atoms in total. The summed E-state index contributed by atoms with van der Waals surface area (Å²) in [5.41, 5.74) is 4.09. The molecule has 0 aromatic heterocycles. The lowest BCUT2D eigenvalue weighted by Gasteiger charge is -2.26. The molecule has 32 heavy (non-hydrogen) atoms. The molecule has 0 bridgehead atoms. The fourth-order valence-electron chi connectivity index (χ4n) is 3.77. The van der Waals surface area contributed by atoms with Crippen molar-refractivity contribution in [3.05, 3.63) is 58.7 Å². The minimum absolute atomic E-state index is 0.126. The van der Waals surface area contributed by atoms with E-state index in [2.05, 4.69) is 5.32 Å². The molecule has 0 atom stereocenters. The van der Waals surface area contributed by atoms with E-state index in [1.165, 1.54) is 40.5 Å². The highest BCUT2D eigenvalue weighted by molar-refractivity contribution is 7.89. The molecular weight excluding hydrogens is 430 g/mol. The van der Waals surface area contributed by atoms with Gasteiger partial charge in [0, 0.05) is 31.4 Å². The highest BCUT2D eigenvalue weighted by Crippen LogP contribution is 2.22. The molecule has 1 heterocycles. The molecule has 1 aliphatic heterocycles. The number of nitrogens with zero attached hydrogens (tertiary/aromatic N) is 2. The van der Waals surface area contributed by atoms with Crippen LogP contribution in [0.4, 0.5) is 5.69 Å². The Morgan fingerprint density at radius 1 is 1.03 bits per heavy atom. The predicted octanol–water partition coefficient (Wildman–Crippen LogP) is 2.34. The second-order valence-electron chi connectivity index (χ2n) is 8.02. The van der Waals surface area contributed by atoms with Gasteiger partial charge in [-0.05, 0) is 56.2 Å². The van der Waals surface area contributed by atoms with E-state index in [-0.39, 0.29) is 23.3 Å². The fraction of sp³-hybridized carbons (Fsp3) is 0.391. The van der Waals surface area contributed by atoms with Crippen LogP contribution in [0.2, 0.25) is 0 Å². The molecule has 2 amide bonds. The van der Waals surface area contributed by atoms with Crippen molar-refractivity contribution in [1.29, 1.82) is 0 Å². The van der Waals surface area contributed by atoms with Crippen LogP contribution in [-0.2, 0) is 19.6 Å². The molecule has 1 aliphatic rings. The van der Waals surface area contributed by atoms with Crippen molar-refractivity contribution in [2.45, 2.75) is 25.7 Å². The van der Waals surface area contributed by atoms with Gasteiger partial charge in [-0.25, -0.2) is 8.42 Å². The predicted molar refractivity (Wildman–Crippen MR) is 122 cm³/mol. The summed E-state index contributed by atoms with van der Waals surface area (Å²) in [6.45, 7) is 7.07. The van der Waals surface area contributed by atoms with Gasteiger partial charge < -0.3 is 15.0 Å². The van der Waals surface area contributed by atoms with E-state index in [4.69, 9.17) is 4.74 Å². The lowest BCUT2D eigenvalue weighted by molar-refractivity contribution is -0.116. The van der Waals surface area contributed by atoms with Crippen LogP contribution in [0.15, 0.2) is 41.3 Å². The Bertz CT molecular complexity index is 1080. The van der Waals surface area contributed by atoms with Crippen LogP contribution in [0, 0.1) is 20.8 Å². The Labute approximate surface area is 189 Å². The first-order valence-electron chi connectivity index (χ1n) is 10.4. The number of aryl methyl sites for hydroxylation is 3. The first-order valence-corrected chi connectivity index (χ1v) is 11.8. The lowest BCUT2D eigenvalue weighted by atomic mass is 10.1. The summed E-state index contributed by atoms with van der Waals surface area (Å²) >= 11 is 0. The van der Waals surface area contributed by atoms with E-state index in [0.29, 0.717) is 31.9 Å². The number of likely N-dealkylation sites (N-methyl/N-ethyl adjacent to an activating group) is 1. The average Bonchev–Trinajstić information content (AvgIpc) is 2.76. The van der Waals surface area contributed by atoms with Gasteiger partial charge in [-0.2, -0.15) is 4.31 Å². The van der Waals surface area contributed by atoms with Crippen LogP contribution in [0.5, 0.6) is 0 Å². The Morgan fingerprint density at radius 2 is 1.59 bits per heavy atom. The number of sulfonamides is 1. The molecule has 3 rings (SSSR count). The molecule has 1 fully saturated rings. The smallest absolute Gasteiger partial charge is 0.254 e. The van der Waals surface area contributed by atoms with Gasteiger partial charge in [0.25, 0.3) is 5.91 Å². The summed E-state index contributed by atoms with van der Waals surface area (Å²) in [5, 5.41) is 2.88. The summed E-state index contributed by atoms with van der Waals surface area (Å²) < 4.78 is 32.0. The Kier molecular flexibility index (Phi) is 7.33. The number of carbonyl (C=O) groups is 2. The van der Waals surface area contributed by atoms with Crippen LogP contribution >= 0.6 is 0 Å². The Hall–Kier alpha value is -2.75. The Balaban J connectivity index is 1.65.